The lowest BCUT2D eigenvalue weighted by Crippen LogP contribution is -2.37. The summed E-state index contributed by atoms with van der Waals surface area (Å²) in [7, 11) is 0. The fourth-order valence-electron chi connectivity index (χ4n) is 2.76. The van der Waals surface area contributed by atoms with Crippen LogP contribution in [0, 0.1) is 6.92 Å². The molecular formula is C16H17N7O2. The van der Waals surface area contributed by atoms with Crippen LogP contribution < -0.4 is 10.9 Å². The Hall–Kier alpha value is -3.07. The quantitative estimate of drug-likeness (QED) is 0.742. The molecule has 25 heavy (non-hydrogen) atoms. The van der Waals surface area contributed by atoms with Crippen LogP contribution in [-0.4, -0.2) is 48.8 Å². The Bertz CT molecular complexity index is 905. The van der Waals surface area contributed by atoms with Gasteiger partial charge in [0.15, 0.2) is 5.82 Å². The number of anilines is 1. The second kappa shape index (κ2) is 6.44. The molecule has 3 aromatic rings. The lowest BCUT2D eigenvalue weighted by Gasteiger charge is -2.21. The Morgan fingerprint density at radius 1 is 1.24 bits per heavy atom. The van der Waals surface area contributed by atoms with Gasteiger partial charge in [-0.05, 0) is 19.1 Å². The van der Waals surface area contributed by atoms with E-state index in [1.54, 1.807) is 41.6 Å². The van der Waals surface area contributed by atoms with Crippen molar-refractivity contribution < 1.29 is 4.74 Å². The molecule has 0 spiro atoms. The van der Waals surface area contributed by atoms with Crippen molar-refractivity contribution >= 4 is 5.82 Å². The van der Waals surface area contributed by atoms with Crippen molar-refractivity contribution in [2.45, 2.75) is 19.0 Å². The Morgan fingerprint density at radius 2 is 2.16 bits per heavy atom. The van der Waals surface area contributed by atoms with Crippen molar-refractivity contribution in [3.05, 3.63) is 59.0 Å². The molecule has 2 atom stereocenters. The first kappa shape index (κ1) is 15.5. The molecule has 0 bridgehead atoms. The first-order valence-corrected chi connectivity index (χ1v) is 7.93. The molecule has 2 unspecified atom stereocenters. The topological polar surface area (TPSA) is 99.8 Å². The predicted molar refractivity (Wildman–Crippen MR) is 89.7 cm³/mol. The molecule has 4 rings (SSSR count). The van der Waals surface area contributed by atoms with Crippen molar-refractivity contribution in [3.63, 3.8) is 0 Å². The molecule has 9 nitrogen and oxygen atoms in total. The van der Waals surface area contributed by atoms with Crippen LogP contribution in [0.5, 0.6) is 0 Å². The van der Waals surface area contributed by atoms with E-state index in [0.717, 1.165) is 5.69 Å². The van der Waals surface area contributed by atoms with Crippen LogP contribution in [-0.2, 0) is 4.74 Å². The number of hydrogen-bond acceptors (Lipinski definition) is 7. The Labute approximate surface area is 143 Å². The van der Waals surface area contributed by atoms with Gasteiger partial charge >= 0.3 is 0 Å². The van der Waals surface area contributed by atoms with Crippen molar-refractivity contribution in [1.29, 1.82) is 0 Å². The minimum Gasteiger partial charge on any atom is -0.377 e. The maximum Gasteiger partial charge on any atom is 0.267 e. The zero-order valence-electron chi connectivity index (χ0n) is 13.6. The zero-order valence-corrected chi connectivity index (χ0v) is 13.6. The van der Waals surface area contributed by atoms with E-state index in [-0.39, 0.29) is 17.6 Å². The minimum atomic E-state index is -0.244. The Balaban J connectivity index is 1.62. The molecule has 1 aliphatic rings. The van der Waals surface area contributed by atoms with Crippen LogP contribution in [0.25, 0.3) is 5.82 Å². The number of aromatic nitrogens is 6. The van der Waals surface area contributed by atoms with Crippen molar-refractivity contribution in [2.75, 3.05) is 18.5 Å². The highest BCUT2D eigenvalue weighted by Gasteiger charge is 2.32. The molecule has 0 saturated carbocycles. The molecular weight excluding hydrogens is 322 g/mol. The van der Waals surface area contributed by atoms with Gasteiger partial charge in [0.05, 0.1) is 37.3 Å². The molecule has 0 amide bonds. The highest BCUT2D eigenvalue weighted by molar-refractivity contribution is 5.33. The second-order valence-corrected chi connectivity index (χ2v) is 5.82. The summed E-state index contributed by atoms with van der Waals surface area (Å²) in [5, 5.41) is 11.9. The number of nitrogens with one attached hydrogen (secondary N) is 1. The largest absolute Gasteiger partial charge is 0.377 e. The highest BCUT2D eigenvalue weighted by atomic mass is 16.5. The number of aryl methyl sites for hydroxylation is 1. The average Bonchev–Trinajstić information content (AvgIpc) is 3.29. The highest BCUT2D eigenvalue weighted by Crippen LogP contribution is 2.21. The maximum atomic E-state index is 12.3. The Morgan fingerprint density at radius 3 is 2.92 bits per heavy atom. The third kappa shape index (κ3) is 3.13. The summed E-state index contributed by atoms with van der Waals surface area (Å²) in [5.74, 6) is 1.22. The van der Waals surface area contributed by atoms with E-state index >= 15 is 0 Å². The first-order valence-electron chi connectivity index (χ1n) is 7.93. The van der Waals surface area contributed by atoms with Gasteiger partial charge in [-0.1, -0.05) is 0 Å². The molecule has 3 aromatic heterocycles. The van der Waals surface area contributed by atoms with E-state index in [1.165, 1.54) is 10.7 Å². The number of hydrogen-bond donors (Lipinski definition) is 1. The molecule has 0 aromatic carbocycles. The predicted octanol–water partition coefficient (Wildman–Crippen LogP) is 0.579. The fourth-order valence-corrected chi connectivity index (χ4v) is 2.76. The second-order valence-electron chi connectivity index (χ2n) is 5.82. The maximum absolute atomic E-state index is 12.3. The van der Waals surface area contributed by atoms with E-state index in [4.69, 9.17) is 4.74 Å². The number of rotatable bonds is 4. The smallest absolute Gasteiger partial charge is 0.267 e. The fraction of sp³-hybridized carbons (Fsp3) is 0.312. The van der Waals surface area contributed by atoms with Gasteiger partial charge in [0.25, 0.3) is 5.56 Å². The molecule has 4 heterocycles. The van der Waals surface area contributed by atoms with Crippen LogP contribution in [0.15, 0.2) is 47.8 Å². The molecule has 1 aliphatic heterocycles. The summed E-state index contributed by atoms with van der Waals surface area (Å²) in [6, 6.07) is 4.57. The zero-order chi connectivity index (χ0) is 17.2. The van der Waals surface area contributed by atoms with Crippen molar-refractivity contribution in [1.82, 2.24) is 29.5 Å². The molecule has 0 radical (unpaired) electrons. The van der Waals surface area contributed by atoms with Crippen molar-refractivity contribution in [2.24, 2.45) is 0 Å². The van der Waals surface area contributed by atoms with Gasteiger partial charge in [-0.25, -0.2) is 14.3 Å². The monoisotopic (exact) mass is 339 g/mol. The van der Waals surface area contributed by atoms with E-state index in [0.29, 0.717) is 24.8 Å². The summed E-state index contributed by atoms with van der Waals surface area (Å²) < 4.78 is 8.63. The van der Waals surface area contributed by atoms with Gasteiger partial charge in [0.2, 0.25) is 0 Å². The summed E-state index contributed by atoms with van der Waals surface area (Å²) in [6.45, 7) is 2.73. The van der Waals surface area contributed by atoms with E-state index in [1.807, 2.05) is 6.92 Å². The van der Waals surface area contributed by atoms with Crippen LogP contribution in [0.2, 0.25) is 0 Å². The number of ether oxygens (including phenoxy) is 1. The molecule has 0 aliphatic carbocycles. The van der Waals surface area contributed by atoms with Gasteiger partial charge in [-0.15, -0.1) is 5.10 Å². The third-order valence-electron chi connectivity index (χ3n) is 4.03. The molecule has 1 fully saturated rings. The SMILES string of the molecule is Cc1cnc(NC2COCC2n2nc(-n3cccn3)ccc2=O)cn1. The lowest BCUT2D eigenvalue weighted by molar-refractivity contribution is 0.182. The molecule has 9 heteroatoms. The summed E-state index contributed by atoms with van der Waals surface area (Å²) in [6.07, 6.45) is 6.80. The average molecular weight is 339 g/mol. The summed E-state index contributed by atoms with van der Waals surface area (Å²) in [5.41, 5.74) is 0.655. The normalized spacial score (nSPS) is 19.9. The summed E-state index contributed by atoms with van der Waals surface area (Å²) >= 11 is 0. The van der Waals surface area contributed by atoms with Gasteiger partial charge < -0.3 is 10.1 Å². The Kier molecular flexibility index (Phi) is 3.98. The number of nitrogens with zero attached hydrogens (tertiary/aromatic N) is 6. The van der Waals surface area contributed by atoms with Gasteiger partial charge in [-0.2, -0.15) is 5.10 Å². The van der Waals surface area contributed by atoms with Crippen LogP contribution in [0.1, 0.15) is 11.7 Å². The van der Waals surface area contributed by atoms with Crippen LogP contribution in [0.4, 0.5) is 5.82 Å². The lowest BCUT2D eigenvalue weighted by atomic mass is 10.1. The first-order chi connectivity index (χ1) is 12.2. The standard InChI is InChI=1S/C16H17N7O2/c1-11-7-18-14(8-17-11)20-12-9-25-10-13(12)23-16(24)4-3-15(21-23)22-6-2-5-19-22/h2-8,12-13H,9-10H2,1H3,(H,18,20). The molecule has 128 valence electrons. The summed E-state index contributed by atoms with van der Waals surface area (Å²) in [4.78, 5) is 20.9. The van der Waals surface area contributed by atoms with Crippen molar-refractivity contribution in [3.8, 4) is 5.82 Å². The van der Waals surface area contributed by atoms with Crippen LogP contribution >= 0.6 is 0 Å². The third-order valence-corrected chi connectivity index (χ3v) is 4.03. The minimum absolute atomic E-state index is 0.130. The van der Waals surface area contributed by atoms with E-state index < -0.39 is 0 Å². The van der Waals surface area contributed by atoms with Gasteiger partial charge in [0, 0.05) is 18.5 Å². The van der Waals surface area contributed by atoms with Gasteiger partial charge in [-0.3, -0.25) is 9.78 Å². The molecule has 1 N–H and O–H groups in total. The van der Waals surface area contributed by atoms with Crippen LogP contribution in [0.3, 0.4) is 0 Å². The van der Waals surface area contributed by atoms with E-state index in [2.05, 4.69) is 25.5 Å². The van der Waals surface area contributed by atoms with E-state index in [9.17, 15) is 4.79 Å². The van der Waals surface area contributed by atoms with Gasteiger partial charge in [0.1, 0.15) is 11.9 Å². The molecule has 1 saturated heterocycles.